The highest BCUT2D eigenvalue weighted by Gasteiger charge is 2.31. The first-order valence-corrected chi connectivity index (χ1v) is 7.36. The molecule has 0 bridgehead atoms. The third-order valence-electron chi connectivity index (χ3n) is 3.71. The molecule has 0 spiro atoms. The number of rotatable bonds is 6. The summed E-state index contributed by atoms with van der Waals surface area (Å²) in [7, 11) is 0. The van der Waals surface area contributed by atoms with Crippen LogP contribution in [0.4, 0.5) is 14.9 Å². The van der Waals surface area contributed by atoms with Crippen LogP contribution in [-0.2, 0) is 4.74 Å². The largest absolute Gasteiger partial charge is 0.444 e. The van der Waals surface area contributed by atoms with Crippen molar-refractivity contribution in [2.24, 2.45) is 0 Å². The molecule has 1 unspecified atom stereocenters. The first-order chi connectivity index (χ1) is 9.61. The van der Waals surface area contributed by atoms with E-state index in [4.69, 9.17) is 4.74 Å². The Labute approximate surface area is 119 Å². The van der Waals surface area contributed by atoms with E-state index in [1.807, 2.05) is 0 Å². The van der Waals surface area contributed by atoms with Crippen LogP contribution < -0.4 is 4.90 Å². The lowest BCUT2D eigenvalue weighted by Crippen LogP contribution is -2.24. The molecule has 110 valence electrons. The fourth-order valence-corrected chi connectivity index (χ4v) is 2.48. The Morgan fingerprint density at radius 1 is 1.35 bits per heavy atom. The Kier molecular flexibility index (Phi) is 4.99. The summed E-state index contributed by atoms with van der Waals surface area (Å²) in [5.41, 5.74) is 1.26. The smallest absolute Gasteiger partial charge is 0.414 e. The van der Waals surface area contributed by atoms with Crippen molar-refractivity contribution in [2.45, 2.75) is 52.1 Å². The monoisotopic (exact) mass is 279 g/mol. The topological polar surface area (TPSA) is 29.5 Å². The summed E-state index contributed by atoms with van der Waals surface area (Å²) in [5, 5.41) is 0. The highest BCUT2D eigenvalue weighted by Crippen LogP contribution is 2.25. The van der Waals surface area contributed by atoms with Crippen molar-refractivity contribution in [3.8, 4) is 0 Å². The molecule has 1 saturated heterocycles. The van der Waals surface area contributed by atoms with E-state index < -0.39 is 0 Å². The molecule has 1 fully saturated rings. The molecule has 1 aromatic rings. The second kappa shape index (κ2) is 6.73. The van der Waals surface area contributed by atoms with E-state index in [2.05, 4.69) is 6.92 Å². The molecule has 1 aliphatic heterocycles. The van der Waals surface area contributed by atoms with Gasteiger partial charge in [0.1, 0.15) is 11.9 Å². The van der Waals surface area contributed by atoms with E-state index in [-0.39, 0.29) is 18.0 Å². The molecule has 1 atom stereocenters. The highest BCUT2D eigenvalue weighted by molar-refractivity contribution is 5.89. The van der Waals surface area contributed by atoms with Gasteiger partial charge in [-0.05, 0) is 43.5 Å². The summed E-state index contributed by atoms with van der Waals surface area (Å²) >= 11 is 0. The number of hydrogen-bond donors (Lipinski definition) is 0. The van der Waals surface area contributed by atoms with Crippen LogP contribution in [0.15, 0.2) is 18.2 Å². The van der Waals surface area contributed by atoms with Gasteiger partial charge in [-0.1, -0.05) is 26.2 Å². The van der Waals surface area contributed by atoms with Crippen LogP contribution >= 0.6 is 0 Å². The average molecular weight is 279 g/mol. The van der Waals surface area contributed by atoms with E-state index in [1.54, 1.807) is 24.0 Å². The van der Waals surface area contributed by atoms with Gasteiger partial charge in [0.2, 0.25) is 0 Å². The van der Waals surface area contributed by atoms with Crippen LogP contribution in [0.25, 0.3) is 0 Å². The van der Waals surface area contributed by atoms with Crippen molar-refractivity contribution in [3.63, 3.8) is 0 Å². The summed E-state index contributed by atoms with van der Waals surface area (Å²) in [6.45, 7) is 4.44. The number of cyclic esters (lactones) is 1. The summed E-state index contributed by atoms with van der Waals surface area (Å²) in [5.74, 6) is -0.252. The number of aryl methyl sites for hydroxylation is 1. The molecule has 2 rings (SSSR count). The van der Waals surface area contributed by atoms with Crippen LogP contribution in [0.5, 0.6) is 0 Å². The minimum Gasteiger partial charge on any atom is -0.444 e. The van der Waals surface area contributed by atoms with Gasteiger partial charge in [0.15, 0.2) is 0 Å². The molecule has 20 heavy (non-hydrogen) atoms. The minimum atomic E-state index is -0.323. The number of unbranched alkanes of at least 4 members (excludes halogenated alkanes) is 3. The fraction of sp³-hybridized carbons (Fsp3) is 0.562. The maximum atomic E-state index is 13.3. The third-order valence-corrected chi connectivity index (χ3v) is 3.71. The Balaban J connectivity index is 1.93. The van der Waals surface area contributed by atoms with Gasteiger partial charge < -0.3 is 4.74 Å². The van der Waals surface area contributed by atoms with Crippen molar-refractivity contribution in [2.75, 3.05) is 11.4 Å². The zero-order valence-electron chi connectivity index (χ0n) is 12.2. The van der Waals surface area contributed by atoms with Crippen molar-refractivity contribution in [1.82, 2.24) is 0 Å². The number of hydrogen-bond acceptors (Lipinski definition) is 2. The van der Waals surface area contributed by atoms with Gasteiger partial charge in [-0.25, -0.2) is 9.18 Å². The van der Waals surface area contributed by atoms with Crippen molar-refractivity contribution >= 4 is 11.8 Å². The van der Waals surface area contributed by atoms with Crippen LogP contribution in [0.3, 0.4) is 0 Å². The molecule has 1 aliphatic rings. The number of amides is 1. The lowest BCUT2D eigenvalue weighted by atomic mass is 10.1. The van der Waals surface area contributed by atoms with Gasteiger partial charge in [0, 0.05) is 5.69 Å². The van der Waals surface area contributed by atoms with Crippen LogP contribution in [0.2, 0.25) is 0 Å². The van der Waals surface area contributed by atoms with Gasteiger partial charge >= 0.3 is 6.09 Å². The van der Waals surface area contributed by atoms with Gasteiger partial charge in [-0.15, -0.1) is 0 Å². The van der Waals surface area contributed by atoms with Crippen molar-refractivity contribution in [3.05, 3.63) is 29.6 Å². The molecule has 1 amide bonds. The predicted molar refractivity (Wildman–Crippen MR) is 77.5 cm³/mol. The van der Waals surface area contributed by atoms with E-state index >= 15 is 0 Å². The minimum absolute atomic E-state index is 0.0373. The average Bonchev–Trinajstić information content (AvgIpc) is 2.79. The van der Waals surface area contributed by atoms with Gasteiger partial charge in [0.05, 0.1) is 6.54 Å². The molecular weight excluding hydrogens is 257 g/mol. The highest BCUT2D eigenvalue weighted by atomic mass is 19.1. The quantitative estimate of drug-likeness (QED) is 0.721. The molecule has 4 heteroatoms. The Hall–Kier alpha value is -1.58. The number of anilines is 1. The Bertz CT molecular complexity index is 476. The number of ether oxygens (including phenoxy) is 1. The van der Waals surface area contributed by atoms with E-state index in [1.165, 1.54) is 25.3 Å². The number of halogens is 1. The normalized spacial score (nSPS) is 18.4. The Morgan fingerprint density at radius 3 is 2.85 bits per heavy atom. The number of carbonyl (C=O) groups excluding carboxylic acids is 1. The maximum Gasteiger partial charge on any atom is 0.414 e. The summed E-state index contributed by atoms with van der Waals surface area (Å²) < 4.78 is 18.6. The van der Waals surface area contributed by atoms with Crippen molar-refractivity contribution in [1.29, 1.82) is 0 Å². The van der Waals surface area contributed by atoms with Crippen LogP contribution in [-0.4, -0.2) is 18.7 Å². The Morgan fingerprint density at radius 2 is 2.15 bits per heavy atom. The van der Waals surface area contributed by atoms with Crippen molar-refractivity contribution < 1.29 is 13.9 Å². The SMILES string of the molecule is CCCCCCC1CN(c2ccc(F)c(C)c2)C(=O)O1. The molecule has 0 radical (unpaired) electrons. The molecule has 3 nitrogen and oxygen atoms in total. The molecule has 0 aliphatic carbocycles. The first-order valence-electron chi connectivity index (χ1n) is 7.36. The molecule has 0 aromatic heterocycles. The molecule has 0 N–H and O–H groups in total. The summed E-state index contributed by atoms with van der Waals surface area (Å²) in [6.07, 6.45) is 5.23. The predicted octanol–water partition coefficient (Wildman–Crippen LogP) is 4.43. The zero-order chi connectivity index (χ0) is 14.5. The summed E-state index contributed by atoms with van der Waals surface area (Å²) in [6, 6.07) is 4.71. The molecular formula is C16H22FNO2. The van der Waals surface area contributed by atoms with Crippen LogP contribution in [0.1, 0.15) is 44.6 Å². The zero-order valence-corrected chi connectivity index (χ0v) is 12.2. The molecule has 1 aromatic carbocycles. The second-order valence-corrected chi connectivity index (χ2v) is 5.40. The fourth-order valence-electron chi connectivity index (χ4n) is 2.48. The molecule has 1 heterocycles. The van der Waals surface area contributed by atoms with Gasteiger partial charge in [-0.2, -0.15) is 0 Å². The van der Waals surface area contributed by atoms with Gasteiger partial charge in [-0.3, -0.25) is 4.90 Å². The maximum absolute atomic E-state index is 13.3. The van der Waals surface area contributed by atoms with E-state index in [9.17, 15) is 9.18 Å². The summed E-state index contributed by atoms with van der Waals surface area (Å²) in [4.78, 5) is 13.5. The second-order valence-electron chi connectivity index (χ2n) is 5.40. The van der Waals surface area contributed by atoms with E-state index in [0.29, 0.717) is 17.8 Å². The number of benzene rings is 1. The number of nitrogens with zero attached hydrogens (tertiary/aromatic N) is 1. The van der Waals surface area contributed by atoms with E-state index in [0.717, 1.165) is 12.8 Å². The lowest BCUT2D eigenvalue weighted by Gasteiger charge is -2.13. The van der Waals surface area contributed by atoms with Crippen LogP contribution in [0, 0.1) is 12.7 Å². The lowest BCUT2D eigenvalue weighted by molar-refractivity contribution is 0.135. The standard InChI is InChI=1S/C16H22FNO2/c1-3-4-5-6-7-14-11-18(16(19)20-14)13-8-9-15(17)12(2)10-13/h8-10,14H,3-7,11H2,1-2H3. The first kappa shape index (κ1) is 14.8. The third kappa shape index (κ3) is 3.50. The molecule has 0 saturated carbocycles. The number of carbonyl (C=O) groups is 1. The van der Waals surface area contributed by atoms with Gasteiger partial charge in [0.25, 0.3) is 0 Å².